The van der Waals surface area contributed by atoms with Crippen LogP contribution in [0.15, 0.2) is 0 Å². The van der Waals surface area contributed by atoms with Crippen molar-refractivity contribution in [3.8, 4) is 0 Å². The minimum Gasteiger partial charge on any atom is -0.726 e. The number of ether oxygens (including phenoxy) is 16. The summed E-state index contributed by atoms with van der Waals surface area (Å²) in [5.41, 5.74) is 0. The topological polar surface area (TPSA) is 700 Å². The van der Waals surface area contributed by atoms with E-state index in [2.05, 4.69) is 66.0 Å². The number of carbonyl (C=O) groups excluding carboxylic acids is 4. The normalized spacial score (nSPS) is 36.8. The highest BCUT2D eigenvalue weighted by Crippen LogP contribution is 2.43. The van der Waals surface area contributed by atoms with Gasteiger partial charge in [0.05, 0.1) is 43.8 Å². The summed E-state index contributed by atoms with van der Waals surface area (Å²) in [7, 11) is -10.1. The number of rotatable bonds is 48. The van der Waals surface area contributed by atoms with Gasteiger partial charge in [-0.25, -0.2) is 30.0 Å². The molecule has 3 N–H and O–H groups in total. The number of urea groups is 1. The Bertz CT molecular complexity index is 3120. The van der Waals surface area contributed by atoms with Gasteiger partial charge >= 0.3 is 6.03 Å². The molecule has 0 spiro atoms. The van der Waals surface area contributed by atoms with Gasteiger partial charge in [0.15, 0.2) is 93.0 Å². The second-order valence-electron chi connectivity index (χ2n) is 22.6. The van der Waals surface area contributed by atoms with Crippen LogP contribution in [0, 0.1) is 0 Å². The number of unbranched alkanes of at least 4 members (excludes halogenated alkanes) is 1. The summed E-state index contributed by atoms with van der Waals surface area (Å²) in [4.78, 5) is 53.0. The van der Waals surface area contributed by atoms with Crippen molar-refractivity contribution in [2.75, 3.05) is 75.3 Å². The molecule has 7 aliphatic rings. The first-order chi connectivity index (χ1) is 51.4. The van der Waals surface area contributed by atoms with Crippen molar-refractivity contribution >= 4 is 116 Å². The second kappa shape index (κ2) is 44.7. The molecule has 53 nitrogen and oxygen atoms in total. The number of fused-ring (bicyclic) bond motifs is 1. The Hall–Kier alpha value is -2.24. The SMILES string of the molecule is COC1C(OC)[C@H](O[C@H]2O[C@H](COS(=O)(=O)[O-])[C@@H](O[C@@H]3OC(C(=O)[O-])[C@H](O[C@@H]4OC(COS(=O)(=O)[O-])[C@H](OC)[C@H](OC)C4NC(=O)CCCCC4SCC5NC(=O)NC54)[C@H](OC)C3OC)C(OSOO[O-])C2OSOO[O-])[C@H](C(=O)[O-])O[C@@H]1O[C@H]1C(COS(=O)(=O)[O-])O[C@@H](OC)C(OSOO[O-])[C@H]1OSOO[O-]. The number of methoxy groups -OCH3 is 7. The number of hydrogen-bond donors (Lipinski definition) is 3. The first kappa shape index (κ1) is 92.9. The molecule has 7 rings (SSSR count). The minimum atomic E-state index is -5.88. The summed E-state index contributed by atoms with van der Waals surface area (Å²) in [5.74, 6) is -4.50. The van der Waals surface area contributed by atoms with Crippen LogP contribution in [0.4, 0.5) is 4.79 Å². The van der Waals surface area contributed by atoms with E-state index < -0.39 is 247 Å². The minimum absolute atomic E-state index is 0.0172. The van der Waals surface area contributed by atoms with Crippen LogP contribution in [-0.4, -0.2) is 309 Å². The lowest BCUT2D eigenvalue weighted by molar-refractivity contribution is -0.778. The van der Waals surface area contributed by atoms with Gasteiger partial charge in [0.25, 0.3) is 0 Å². The molecule has 7 fully saturated rings. The molecule has 7 heterocycles. The second-order valence-corrected chi connectivity index (χ2v) is 28.8. The quantitative estimate of drug-likeness (QED) is 0.00968. The van der Waals surface area contributed by atoms with Crippen molar-refractivity contribution in [1.29, 1.82) is 0 Å². The number of hydrogen-bond acceptors (Lipinski definition) is 55. The van der Waals surface area contributed by atoms with Gasteiger partial charge < -0.3 is 146 Å². The summed E-state index contributed by atoms with van der Waals surface area (Å²) in [6.45, 7) is -4.01. The van der Waals surface area contributed by atoms with Crippen molar-refractivity contribution in [1.82, 2.24) is 16.0 Å². The van der Waals surface area contributed by atoms with Gasteiger partial charge in [-0.15, -0.1) is 17.3 Å². The van der Waals surface area contributed by atoms with E-state index in [1.54, 1.807) is 11.8 Å². The van der Waals surface area contributed by atoms with Crippen molar-refractivity contribution < 1.29 is 232 Å². The van der Waals surface area contributed by atoms with Crippen LogP contribution in [0.5, 0.6) is 0 Å². The van der Waals surface area contributed by atoms with E-state index >= 15 is 0 Å². The summed E-state index contributed by atoms with van der Waals surface area (Å²) in [6.07, 6.45) is -49.2. The van der Waals surface area contributed by atoms with Gasteiger partial charge in [-0.3, -0.25) is 54.2 Å². The van der Waals surface area contributed by atoms with Crippen LogP contribution in [0.1, 0.15) is 25.7 Å². The van der Waals surface area contributed by atoms with Crippen LogP contribution in [0.25, 0.3) is 0 Å². The van der Waals surface area contributed by atoms with Crippen LogP contribution < -0.4 is 47.2 Å². The van der Waals surface area contributed by atoms with E-state index in [1.807, 2.05) is 0 Å². The van der Waals surface area contributed by atoms with E-state index in [0.29, 0.717) is 18.6 Å². The number of carboxylic acids is 2. The van der Waals surface area contributed by atoms with Gasteiger partial charge in [0.2, 0.25) is 37.1 Å². The standard InChI is InChI=1S/C47H77N3O50S8/c1-70-24-17(12-77-106(61,62)63)80-42(23(27(24)71-2)49-21(51)11-9-8-10-20-22-16(15-101-20)48-47(56)50-22)85-30-28(72-3)36(74-5)44(87-34(30)40(52)53)84-26-19(14-79-108(67,68)69)82-46(39(92-105-100-96-60)33(26)90-103-98-94-58)86-31-29(73-4)37(75-6)45(88-35(31)41(54)55)83-25-18(13-78-107(64,65)66)81-43(76-7)38(91-104-99-95-59)32(25)89-102-97-93-57/h16-20,22-39,42-46,57-60H,8-15H2,1-7H3,(H,49,51)(H,52,53)(H,54,55)(H2,48,50,56)(H,61,62,63)(H,64,65,66)(H,67,68,69)/p-9/t16?,17?,18?,19-,20?,22?,23?,24+,25+,26-,27-,28+,29?,30-,31+,32+,33?,34?,35-,36?,37?,38?,39?,42+,43-,44-,45+,46-/m1/s1. The molecule has 628 valence electrons. The number of amides is 3. The third kappa shape index (κ3) is 25.9. The fourth-order valence-corrected chi connectivity index (χ4v) is 16.3. The van der Waals surface area contributed by atoms with Gasteiger partial charge in [-0.05, 0) is 12.8 Å². The number of carboxylic acid groups (broad SMARTS) is 2. The molecule has 3 amide bonds. The molecule has 61 heteroatoms. The smallest absolute Gasteiger partial charge is 0.315 e. The zero-order valence-electron chi connectivity index (χ0n) is 56.0. The Morgan fingerprint density at radius 2 is 0.843 bits per heavy atom. The molecular formula is C47H68N3O50S8-9. The Balaban J connectivity index is 1.23. The highest BCUT2D eigenvalue weighted by atomic mass is 32.3. The van der Waals surface area contributed by atoms with E-state index in [4.69, 9.17) is 92.5 Å². The molecular weight excluding hydrogens is 1660 g/mol. The Morgan fingerprint density at radius 1 is 0.463 bits per heavy atom. The molecule has 7 saturated heterocycles. The third-order valence-electron chi connectivity index (χ3n) is 16.7. The molecule has 0 aromatic heterocycles. The van der Waals surface area contributed by atoms with Crippen LogP contribution in [-0.2, 0) is 188 Å². The molecule has 0 aromatic rings. The van der Waals surface area contributed by atoms with E-state index in [1.165, 1.54) is 0 Å². The average Bonchev–Trinajstić information content (AvgIpc) is 0.944. The number of nitrogens with one attached hydrogen (secondary N) is 3. The zero-order chi connectivity index (χ0) is 79.2. The van der Waals surface area contributed by atoms with Gasteiger partial charge in [-0.2, -0.15) is 11.8 Å². The molecule has 0 aliphatic carbocycles. The first-order valence-corrected chi connectivity index (χ1v) is 38.1. The maximum absolute atomic E-state index is 14.0. The lowest BCUT2D eigenvalue weighted by Crippen LogP contribution is -2.71. The lowest BCUT2D eigenvalue weighted by atomic mass is 9.94. The Morgan fingerprint density at radius 3 is 1.25 bits per heavy atom. The predicted molar refractivity (Wildman–Crippen MR) is 316 cm³/mol. The largest absolute Gasteiger partial charge is 0.726 e. The number of aliphatic carboxylic acids is 2. The molecule has 0 aromatic carbocycles. The van der Waals surface area contributed by atoms with E-state index in [0.717, 1.165) is 49.8 Å². The fraction of sp³-hybridized carbons (Fsp3) is 0.915. The molecule has 13 unspecified atom stereocenters. The van der Waals surface area contributed by atoms with Gasteiger partial charge in [-0.1, -0.05) is 6.42 Å². The summed E-state index contributed by atoms with van der Waals surface area (Å²) in [6, 6.07) is -2.12. The Labute approximate surface area is 632 Å². The molecule has 0 saturated carbocycles. The molecule has 108 heavy (non-hydrogen) atoms. The summed E-state index contributed by atoms with van der Waals surface area (Å²) >= 11 is 0.308. The van der Waals surface area contributed by atoms with Crippen LogP contribution in [0.2, 0.25) is 0 Å². The number of thioether (sulfide) groups is 1. The maximum atomic E-state index is 14.0. The third-order valence-corrected chi connectivity index (χ3v) is 21.1. The number of carbonyl (C=O) groups is 4. The summed E-state index contributed by atoms with van der Waals surface area (Å²) in [5, 5.41) is 93.0. The highest BCUT2D eigenvalue weighted by Gasteiger charge is 2.61. The zero-order valence-corrected chi connectivity index (χ0v) is 62.5. The molecule has 7 aliphatic heterocycles. The summed E-state index contributed by atoms with van der Waals surface area (Å²) < 4.78 is 255. The average molecular weight is 1730 g/mol. The van der Waals surface area contributed by atoms with Crippen molar-refractivity contribution in [3.63, 3.8) is 0 Å². The van der Waals surface area contributed by atoms with Crippen molar-refractivity contribution in [2.24, 2.45) is 0 Å². The first-order valence-electron chi connectivity index (χ1n) is 30.4. The van der Waals surface area contributed by atoms with Crippen molar-refractivity contribution in [2.45, 2.75) is 196 Å². The molecule has 28 atom stereocenters. The highest BCUT2D eigenvalue weighted by molar-refractivity contribution is 8.00. The van der Waals surface area contributed by atoms with Crippen LogP contribution in [0.3, 0.4) is 0 Å². The predicted octanol–water partition coefficient (Wildman–Crippen LogP) is -11.3. The lowest BCUT2D eigenvalue weighted by Gasteiger charge is -2.52. The van der Waals surface area contributed by atoms with Gasteiger partial charge in [0.1, 0.15) is 110 Å². The molecule has 0 radical (unpaired) electrons. The Kier molecular flexibility index (Phi) is 38.5. The van der Waals surface area contributed by atoms with Gasteiger partial charge in [0, 0.05) is 67.2 Å². The maximum Gasteiger partial charge on any atom is 0.315 e. The molecule has 0 bridgehead atoms. The monoisotopic (exact) mass is 1730 g/mol. The fourth-order valence-electron chi connectivity index (χ4n) is 12.4. The van der Waals surface area contributed by atoms with Crippen LogP contribution >= 0.6 is 61.1 Å². The van der Waals surface area contributed by atoms with E-state index in [9.17, 15) is 89.3 Å². The van der Waals surface area contributed by atoms with E-state index in [-0.39, 0.29) is 60.9 Å². The van der Waals surface area contributed by atoms with Crippen molar-refractivity contribution in [3.05, 3.63) is 0 Å².